The fourth-order valence-electron chi connectivity index (χ4n) is 2.39. The highest BCUT2D eigenvalue weighted by molar-refractivity contribution is 6.17. The van der Waals surface area contributed by atoms with Crippen LogP contribution >= 0.6 is 0 Å². The van der Waals surface area contributed by atoms with Crippen molar-refractivity contribution in [3.63, 3.8) is 0 Å². The Bertz CT molecular complexity index is 841. The number of carbonyl (C=O) groups excluding carboxylic acids is 1. The van der Waals surface area contributed by atoms with Gasteiger partial charge in [0.25, 0.3) is 0 Å². The summed E-state index contributed by atoms with van der Waals surface area (Å²) < 4.78 is 21.1. The first-order valence-electron chi connectivity index (χ1n) is 8.30. The number of benzene rings is 1. The van der Waals surface area contributed by atoms with Gasteiger partial charge in [-0.15, -0.1) is 0 Å². The van der Waals surface area contributed by atoms with E-state index >= 15 is 0 Å². The second kappa shape index (κ2) is 8.53. The molecule has 7 heteroatoms. The van der Waals surface area contributed by atoms with Crippen molar-refractivity contribution < 1.29 is 23.7 Å². The van der Waals surface area contributed by atoms with Crippen molar-refractivity contribution >= 4 is 11.5 Å². The average molecular weight is 372 g/mol. The van der Waals surface area contributed by atoms with Crippen LogP contribution in [0.25, 0.3) is 5.57 Å². The van der Waals surface area contributed by atoms with Crippen molar-refractivity contribution in [2.24, 2.45) is 0 Å². The van der Waals surface area contributed by atoms with E-state index in [1.165, 1.54) is 33.9 Å². The van der Waals surface area contributed by atoms with Gasteiger partial charge in [-0.2, -0.15) is 0 Å². The number of carbonyl (C=O) groups is 1. The zero-order valence-electron chi connectivity index (χ0n) is 16.4. The highest BCUT2D eigenvalue weighted by Gasteiger charge is 2.25. The van der Waals surface area contributed by atoms with Crippen LogP contribution in [0, 0.1) is 0 Å². The lowest BCUT2D eigenvalue weighted by Crippen LogP contribution is -2.11. The molecule has 7 nitrogen and oxygen atoms in total. The Kier molecular flexibility index (Phi) is 6.39. The van der Waals surface area contributed by atoms with Crippen LogP contribution in [0.2, 0.25) is 0 Å². The molecule has 0 radical (unpaired) electrons. The second-order valence-electron chi connectivity index (χ2n) is 6.70. The molecule has 0 aliphatic rings. The third kappa shape index (κ3) is 4.75. The maximum Gasteiger partial charge on any atom is 0.342 e. The molecule has 0 unspecified atom stereocenters. The van der Waals surface area contributed by atoms with Crippen LogP contribution in [0.1, 0.15) is 31.9 Å². The van der Waals surface area contributed by atoms with Crippen LogP contribution in [0.3, 0.4) is 0 Å². The van der Waals surface area contributed by atoms with Crippen molar-refractivity contribution in [1.29, 1.82) is 0 Å². The molecular weight excluding hydrogens is 348 g/mol. The van der Waals surface area contributed by atoms with E-state index in [1.54, 1.807) is 0 Å². The molecule has 0 amide bonds. The minimum absolute atomic E-state index is 0.0430. The molecule has 2 rings (SSSR count). The van der Waals surface area contributed by atoms with Crippen molar-refractivity contribution in [2.75, 3.05) is 21.3 Å². The first-order chi connectivity index (χ1) is 12.8. The monoisotopic (exact) mass is 372 g/mol. The molecule has 0 aliphatic heterocycles. The predicted molar refractivity (Wildman–Crippen MR) is 101 cm³/mol. The van der Waals surface area contributed by atoms with Crippen molar-refractivity contribution in [3.05, 3.63) is 48.0 Å². The molecule has 0 spiro atoms. The Labute approximate surface area is 159 Å². The number of hydrogen-bond donors (Lipinski definition) is 0. The van der Waals surface area contributed by atoms with Crippen LogP contribution in [-0.2, 0) is 19.7 Å². The van der Waals surface area contributed by atoms with Gasteiger partial charge >= 0.3 is 5.97 Å². The second-order valence-corrected chi connectivity index (χ2v) is 6.70. The SMILES string of the molecule is COC=C(C(=O)OC)c1c(OC)ncnc1Oc1cccc(C(C)(C)C)c1. The van der Waals surface area contributed by atoms with Crippen LogP contribution in [0.5, 0.6) is 17.5 Å². The van der Waals surface area contributed by atoms with Crippen molar-refractivity contribution in [1.82, 2.24) is 9.97 Å². The van der Waals surface area contributed by atoms with Gasteiger partial charge in [0.05, 0.1) is 27.6 Å². The van der Waals surface area contributed by atoms with Crippen molar-refractivity contribution in [2.45, 2.75) is 26.2 Å². The normalized spacial score (nSPS) is 11.7. The van der Waals surface area contributed by atoms with Gasteiger partial charge in [-0.05, 0) is 23.1 Å². The molecule has 0 saturated carbocycles. The van der Waals surface area contributed by atoms with E-state index in [0.29, 0.717) is 5.75 Å². The zero-order valence-corrected chi connectivity index (χ0v) is 16.4. The van der Waals surface area contributed by atoms with Crippen LogP contribution in [-0.4, -0.2) is 37.3 Å². The van der Waals surface area contributed by atoms with Crippen LogP contribution < -0.4 is 9.47 Å². The molecule has 1 heterocycles. The van der Waals surface area contributed by atoms with Gasteiger partial charge < -0.3 is 18.9 Å². The first-order valence-corrected chi connectivity index (χ1v) is 8.30. The largest absolute Gasteiger partial charge is 0.503 e. The quantitative estimate of drug-likeness (QED) is 0.434. The van der Waals surface area contributed by atoms with E-state index in [-0.39, 0.29) is 28.3 Å². The number of nitrogens with zero attached hydrogens (tertiary/aromatic N) is 2. The fraction of sp³-hybridized carbons (Fsp3) is 0.350. The van der Waals surface area contributed by atoms with Gasteiger partial charge in [0, 0.05) is 0 Å². The molecule has 0 fully saturated rings. The lowest BCUT2D eigenvalue weighted by Gasteiger charge is -2.20. The van der Waals surface area contributed by atoms with Gasteiger partial charge in [0.1, 0.15) is 23.2 Å². The Morgan fingerprint density at radius 3 is 2.37 bits per heavy atom. The molecule has 144 valence electrons. The van der Waals surface area contributed by atoms with Gasteiger partial charge in [0.15, 0.2) is 0 Å². The number of methoxy groups -OCH3 is 3. The summed E-state index contributed by atoms with van der Waals surface area (Å²) in [4.78, 5) is 20.5. The topological polar surface area (TPSA) is 79.8 Å². The Hall–Kier alpha value is -3.09. The Morgan fingerprint density at radius 1 is 1.07 bits per heavy atom. The number of ether oxygens (including phenoxy) is 4. The smallest absolute Gasteiger partial charge is 0.342 e. The molecule has 27 heavy (non-hydrogen) atoms. The van der Waals surface area contributed by atoms with Crippen molar-refractivity contribution in [3.8, 4) is 17.5 Å². The van der Waals surface area contributed by atoms with Gasteiger partial charge in [-0.3, -0.25) is 0 Å². The number of aromatic nitrogens is 2. The number of rotatable bonds is 6. The minimum Gasteiger partial charge on any atom is -0.503 e. The van der Waals surface area contributed by atoms with E-state index in [1.807, 2.05) is 24.3 Å². The summed E-state index contributed by atoms with van der Waals surface area (Å²) in [5.74, 6) is 0.270. The molecule has 1 aromatic carbocycles. The average Bonchev–Trinajstić information content (AvgIpc) is 2.65. The summed E-state index contributed by atoms with van der Waals surface area (Å²) in [5, 5.41) is 0. The third-order valence-corrected chi connectivity index (χ3v) is 3.80. The molecule has 0 bridgehead atoms. The summed E-state index contributed by atoms with van der Waals surface area (Å²) >= 11 is 0. The van der Waals surface area contributed by atoms with E-state index < -0.39 is 5.97 Å². The van der Waals surface area contributed by atoms with E-state index in [4.69, 9.17) is 18.9 Å². The van der Waals surface area contributed by atoms with E-state index in [9.17, 15) is 4.79 Å². The fourth-order valence-corrected chi connectivity index (χ4v) is 2.39. The lowest BCUT2D eigenvalue weighted by molar-refractivity contribution is -0.133. The summed E-state index contributed by atoms with van der Waals surface area (Å²) in [6, 6.07) is 7.67. The Balaban J connectivity index is 2.55. The molecule has 0 saturated heterocycles. The maximum absolute atomic E-state index is 12.2. The van der Waals surface area contributed by atoms with Gasteiger partial charge in [-0.25, -0.2) is 14.8 Å². The lowest BCUT2D eigenvalue weighted by atomic mass is 9.87. The molecule has 0 N–H and O–H groups in total. The maximum atomic E-state index is 12.2. The zero-order chi connectivity index (χ0) is 20.0. The van der Waals surface area contributed by atoms with Crippen LogP contribution in [0.15, 0.2) is 36.9 Å². The summed E-state index contributed by atoms with van der Waals surface area (Å²) in [7, 11) is 4.14. The molecular formula is C20H24N2O5. The summed E-state index contributed by atoms with van der Waals surface area (Å²) in [6.07, 6.45) is 2.54. The van der Waals surface area contributed by atoms with E-state index in [2.05, 4.69) is 30.7 Å². The van der Waals surface area contributed by atoms with E-state index in [0.717, 1.165) is 5.56 Å². The molecule has 0 atom stereocenters. The number of hydrogen-bond acceptors (Lipinski definition) is 7. The molecule has 1 aromatic heterocycles. The van der Waals surface area contributed by atoms with Gasteiger partial charge in [0.2, 0.25) is 11.8 Å². The minimum atomic E-state index is -0.627. The standard InChI is InChI=1S/C20H24N2O5/c1-20(2,3)13-8-7-9-14(10-13)27-18-16(17(25-5)21-12-22-18)15(11-24-4)19(23)26-6/h7-12H,1-6H3. The highest BCUT2D eigenvalue weighted by Crippen LogP contribution is 2.35. The summed E-state index contributed by atoms with van der Waals surface area (Å²) in [5.41, 5.74) is 1.39. The first kappa shape index (κ1) is 20.2. The molecule has 2 aromatic rings. The Morgan fingerprint density at radius 2 is 1.78 bits per heavy atom. The molecule has 0 aliphatic carbocycles. The van der Waals surface area contributed by atoms with Gasteiger partial charge in [-0.1, -0.05) is 32.9 Å². The van der Waals surface area contributed by atoms with Crippen LogP contribution in [0.4, 0.5) is 0 Å². The summed E-state index contributed by atoms with van der Waals surface area (Å²) in [6.45, 7) is 6.34. The third-order valence-electron chi connectivity index (χ3n) is 3.80. The predicted octanol–water partition coefficient (Wildman–Crippen LogP) is 3.74. The highest BCUT2D eigenvalue weighted by atomic mass is 16.5. The number of esters is 1.